The summed E-state index contributed by atoms with van der Waals surface area (Å²) >= 11 is 0. The van der Waals surface area contributed by atoms with Crippen molar-refractivity contribution in [3.63, 3.8) is 0 Å². The molecule has 1 rings (SSSR count). The van der Waals surface area contributed by atoms with E-state index < -0.39 is 29.0 Å². The normalized spacial score (nSPS) is 24.1. The molecule has 0 aromatic carbocycles. The van der Waals surface area contributed by atoms with E-state index in [1.807, 2.05) is 0 Å². The average Bonchev–Trinajstić information content (AvgIpc) is 2.56. The van der Waals surface area contributed by atoms with Crippen molar-refractivity contribution in [2.75, 3.05) is 19.7 Å². The van der Waals surface area contributed by atoms with E-state index in [0.717, 1.165) is 0 Å². The van der Waals surface area contributed by atoms with Crippen LogP contribution in [0.2, 0.25) is 0 Å². The predicted molar refractivity (Wildman–Crippen MR) is 96.5 cm³/mol. The third-order valence-electron chi connectivity index (χ3n) is 4.56. The summed E-state index contributed by atoms with van der Waals surface area (Å²) in [4.78, 5) is 35.0. The fourth-order valence-electron chi connectivity index (χ4n) is 2.79. The Hall–Kier alpha value is -1.71. The van der Waals surface area contributed by atoms with Gasteiger partial charge in [-0.2, -0.15) is 0 Å². The summed E-state index contributed by atoms with van der Waals surface area (Å²) in [7, 11) is 0. The molecule has 27 heavy (non-hydrogen) atoms. The first-order chi connectivity index (χ1) is 12.5. The van der Waals surface area contributed by atoms with Gasteiger partial charge in [0.05, 0.1) is 18.6 Å². The highest BCUT2D eigenvalue weighted by Crippen LogP contribution is 2.27. The fraction of sp³-hybridized carbons (Fsp3) is 0.833. The lowest BCUT2D eigenvalue weighted by Gasteiger charge is -2.33. The number of hydrogen-bond acceptors (Lipinski definition) is 7. The number of nitrogens with one attached hydrogen (secondary N) is 2. The van der Waals surface area contributed by atoms with Crippen molar-refractivity contribution in [3.8, 4) is 0 Å². The van der Waals surface area contributed by atoms with Crippen LogP contribution >= 0.6 is 0 Å². The van der Waals surface area contributed by atoms with Crippen LogP contribution in [0, 0.1) is 5.41 Å². The highest BCUT2D eigenvalue weighted by atomic mass is 16.5. The number of cyclic esters (lactones) is 1. The van der Waals surface area contributed by atoms with Crippen LogP contribution in [0.15, 0.2) is 0 Å². The smallest absolute Gasteiger partial charge is 0.308 e. The van der Waals surface area contributed by atoms with Crippen molar-refractivity contribution in [1.29, 1.82) is 0 Å². The maximum Gasteiger partial charge on any atom is 0.308 e. The molecule has 0 aliphatic carbocycles. The number of amides is 2. The highest BCUT2D eigenvalue weighted by Gasteiger charge is 2.35. The molecular formula is C18H32N2O7. The molecule has 156 valence electrons. The van der Waals surface area contributed by atoms with Crippen LogP contribution in [0.3, 0.4) is 0 Å². The van der Waals surface area contributed by atoms with Crippen molar-refractivity contribution < 1.29 is 34.4 Å². The molecule has 1 saturated heterocycles. The van der Waals surface area contributed by atoms with Gasteiger partial charge in [-0.3, -0.25) is 14.4 Å². The second-order valence-electron chi connectivity index (χ2n) is 8.07. The lowest BCUT2D eigenvalue weighted by atomic mass is 9.87. The summed E-state index contributed by atoms with van der Waals surface area (Å²) in [6.07, 6.45) is -0.140. The van der Waals surface area contributed by atoms with Gasteiger partial charge in [0.1, 0.15) is 12.2 Å². The highest BCUT2D eigenvalue weighted by molar-refractivity contribution is 5.82. The second-order valence-corrected chi connectivity index (χ2v) is 8.07. The lowest BCUT2D eigenvalue weighted by Crippen LogP contribution is -2.46. The topological polar surface area (TPSA) is 145 Å². The Bertz CT molecular complexity index is 534. The molecule has 0 bridgehead atoms. The van der Waals surface area contributed by atoms with E-state index in [2.05, 4.69) is 10.6 Å². The number of hydrogen-bond donors (Lipinski definition) is 5. The third kappa shape index (κ3) is 8.23. The van der Waals surface area contributed by atoms with Crippen molar-refractivity contribution in [2.24, 2.45) is 5.41 Å². The van der Waals surface area contributed by atoms with Gasteiger partial charge >= 0.3 is 5.97 Å². The number of ether oxygens (including phenoxy) is 1. The number of carbonyl (C=O) groups excluding carboxylic acids is 3. The molecule has 1 fully saturated rings. The third-order valence-corrected chi connectivity index (χ3v) is 4.56. The zero-order valence-electron chi connectivity index (χ0n) is 16.3. The van der Waals surface area contributed by atoms with Crippen molar-refractivity contribution in [3.05, 3.63) is 0 Å². The monoisotopic (exact) mass is 388 g/mol. The number of aliphatic hydroxyl groups excluding tert-OH is 2. The molecule has 3 atom stereocenters. The van der Waals surface area contributed by atoms with Crippen molar-refractivity contribution in [2.45, 2.75) is 70.7 Å². The van der Waals surface area contributed by atoms with Gasteiger partial charge in [0, 0.05) is 31.3 Å². The summed E-state index contributed by atoms with van der Waals surface area (Å²) < 4.78 is 5.18. The minimum absolute atomic E-state index is 0.00383. The zero-order chi connectivity index (χ0) is 20.7. The Balaban J connectivity index is 2.17. The van der Waals surface area contributed by atoms with Gasteiger partial charge in [0.25, 0.3) is 0 Å². The largest absolute Gasteiger partial charge is 0.462 e. The molecule has 0 aromatic rings. The van der Waals surface area contributed by atoms with E-state index in [1.54, 1.807) is 20.8 Å². The summed E-state index contributed by atoms with van der Waals surface area (Å²) in [5.74, 6) is -1.30. The molecule has 1 heterocycles. The average molecular weight is 388 g/mol. The first kappa shape index (κ1) is 23.3. The van der Waals surface area contributed by atoms with E-state index in [1.165, 1.54) is 0 Å². The maximum atomic E-state index is 11.8. The molecule has 5 N–H and O–H groups in total. The molecule has 1 aliphatic rings. The van der Waals surface area contributed by atoms with Crippen molar-refractivity contribution >= 4 is 17.8 Å². The minimum atomic E-state index is -1.36. The predicted octanol–water partition coefficient (Wildman–Crippen LogP) is -0.775. The van der Waals surface area contributed by atoms with Gasteiger partial charge in [-0.25, -0.2) is 0 Å². The first-order valence-electron chi connectivity index (χ1n) is 9.22. The first-order valence-corrected chi connectivity index (χ1v) is 9.22. The van der Waals surface area contributed by atoms with E-state index in [0.29, 0.717) is 25.8 Å². The quantitative estimate of drug-likeness (QED) is 0.244. The Morgan fingerprint density at radius 1 is 1.33 bits per heavy atom. The molecule has 1 unspecified atom stereocenters. The summed E-state index contributed by atoms with van der Waals surface area (Å²) in [6.45, 7) is 4.86. The van der Waals surface area contributed by atoms with Gasteiger partial charge in [0.2, 0.25) is 11.8 Å². The van der Waals surface area contributed by atoms with Crippen LogP contribution in [0.1, 0.15) is 52.9 Å². The molecular weight excluding hydrogens is 356 g/mol. The molecule has 9 heteroatoms. The molecule has 1 aliphatic heterocycles. The zero-order valence-corrected chi connectivity index (χ0v) is 16.3. The maximum absolute atomic E-state index is 11.8. The molecule has 0 saturated carbocycles. The SMILES string of the molecule is CC(C)(CO)C(O)C(=O)NCCC(=O)NCCC[C@@H]1C[C@@](C)(O)CC(=O)O1. The van der Waals surface area contributed by atoms with Gasteiger partial charge in [0.15, 0.2) is 0 Å². The molecule has 0 radical (unpaired) electrons. The van der Waals surface area contributed by atoms with Crippen LogP contribution in [0.4, 0.5) is 0 Å². The van der Waals surface area contributed by atoms with Crippen LogP contribution < -0.4 is 10.6 Å². The van der Waals surface area contributed by atoms with Crippen LogP contribution in [0.25, 0.3) is 0 Å². The lowest BCUT2D eigenvalue weighted by molar-refractivity contribution is -0.168. The molecule has 9 nitrogen and oxygen atoms in total. The molecule has 0 aromatic heterocycles. The van der Waals surface area contributed by atoms with E-state index >= 15 is 0 Å². The van der Waals surface area contributed by atoms with E-state index in [-0.39, 0.29) is 38.0 Å². The van der Waals surface area contributed by atoms with Crippen LogP contribution in [-0.4, -0.2) is 70.6 Å². The number of rotatable bonds is 10. The number of carbonyl (C=O) groups is 3. The van der Waals surface area contributed by atoms with Gasteiger partial charge < -0.3 is 30.7 Å². The van der Waals surface area contributed by atoms with Gasteiger partial charge in [-0.1, -0.05) is 13.8 Å². The molecule has 2 amide bonds. The molecule has 0 spiro atoms. The number of aliphatic hydroxyl groups is 3. The standard InChI is InChI=1S/C18H32N2O7/c1-17(2,11-21)15(24)16(25)20-8-6-13(22)19-7-4-5-12-9-18(3,26)10-14(23)27-12/h12,15,21,24,26H,4-11H2,1-3H3,(H,19,22)(H,20,25)/t12-,15?,18-/m1/s1. The van der Waals surface area contributed by atoms with E-state index in [9.17, 15) is 24.6 Å². The minimum Gasteiger partial charge on any atom is -0.462 e. The van der Waals surface area contributed by atoms with Gasteiger partial charge in [-0.05, 0) is 19.8 Å². The van der Waals surface area contributed by atoms with Gasteiger partial charge in [-0.15, -0.1) is 0 Å². The van der Waals surface area contributed by atoms with E-state index in [4.69, 9.17) is 9.84 Å². The second kappa shape index (κ2) is 10.0. The fourth-order valence-corrected chi connectivity index (χ4v) is 2.79. The van der Waals surface area contributed by atoms with Crippen LogP contribution in [0.5, 0.6) is 0 Å². The Labute approximate surface area is 159 Å². The van der Waals surface area contributed by atoms with Crippen molar-refractivity contribution in [1.82, 2.24) is 10.6 Å². The van der Waals surface area contributed by atoms with Crippen LogP contribution in [-0.2, 0) is 19.1 Å². The summed E-state index contributed by atoms with van der Waals surface area (Å²) in [6, 6.07) is 0. The Morgan fingerprint density at radius 3 is 2.59 bits per heavy atom. The summed E-state index contributed by atoms with van der Waals surface area (Å²) in [5.41, 5.74) is -2.00. The Morgan fingerprint density at radius 2 is 2.00 bits per heavy atom. The Kier molecular flexibility index (Phi) is 8.64. The number of esters is 1. The summed E-state index contributed by atoms with van der Waals surface area (Å²) in [5, 5.41) is 34.1.